The fraction of sp³-hybridized carbons (Fsp3) is 0.389. The summed E-state index contributed by atoms with van der Waals surface area (Å²) < 4.78 is 0. The van der Waals surface area contributed by atoms with Gasteiger partial charge in [0.05, 0.1) is 0 Å². The molecule has 2 aliphatic carbocycles. The predicted molar refractivity (Wildman–Crippen MR) is 86.7 cm³/mol. The maximum absolute atomic E-state index is 4.59. The zero-order chi connectivity index (χ0) is 14.1. The molecule has 1 aromatic carbocycles. The van der Waals surface area contributed by atoms with E-state index in [1.54, 1.807) is 11.8 Å². The molecule has 0 saturated heterocycles. The summed E-state index contributed by atoms with van der Waals surface area (Å²) in [7, 11) is 0. The van der Waals surface area contributed by atoms with E-state index in [2.05, 4.69) is 40.6 Å². The van der Waals surface area contributed by atoms with Crippen molar-refractivity contribution in [2.75, 3.05) is 0 Å². The van der Waals surface area contributed by atoms with E-state index in [9.17, 15) is 0 Å². The van der Waals surface area contributed by atoms with Crippen LogP contribution in [-0.2, 0) is 19.4 Å². The van der Waals surface area contributed by atoms with Crippen LogP contribution in [0, 0.1) is 0 Å². The molecule has 2 nitrogen and oxygen atoms in total. The standard InChI is InChI=1S/C18H20N2S/c1-2-14-5-8-17(10-15(14)3-1)21-18-9-4-13(12-20-18)11-19-16-6-7-16/h4-5,8-10,12,16,19H,1-3,6-7,11H2. The van der Waals surface area contributed by atoms with E-state index in [1.165, 1.54) is 53.7 Å². The van der Waals surface area contributed by atoms with Gasteiger partial charge in [0, 0.05) is 23.7 Å². The Morgan fingerprint density at radius 3 is 2.81 bits per heavy atom. The van der Waals surface area contributed by atoms with Gasteiger partial charge < -0.3 is 5.32 Å². The lowest BCUT2D eigenvalue weighted by molar-refractivity contribution is 0.685. The fourth-order valence-electron chi connectivity index (χ4n) is 2.86. The van der Waals surface area contributed by atoms with Gasteiger partial charge >= 0.3 is 0 Å². The molecule has 1 fully saturated rings. The summed E-state index contributed by atoms with van der Waals surface area (Å²) in [6, 6.07) is 12.0. The highest BCUT2D eigenvalue weighted by Crippen LogP contribution is 2.31. The van der Waals surface area contributed by atoms with Crippen LogP contribution in [-0.4, -0.2) is 11.0 Å². The Morgan fingerprint density at radius 2 is 2.00 bits per heavy atom. The molecule has 0 unspecified atom stereocenters. The van der Waals surface area contributed by atoms with Gasteiger partial charge in [0.15, 0.2) is 0 Å². The van der Waals surface area contributed by atoms with E-state index >= 15 is 0 Å². The second-order valence-corrected chi connectivity index (χ2v) is 7.14. The summed E-state index contributed by atoms with van der Waals surface area (Å²) in [5.41, 5.74) is 4.35. The molecular weight excluding hydrogens is 276 g/mol. The Balaban J connectivity index is 1.41. The van der Waals surface area contributed by atoms with Crippen molar-refractivity contribution >= 4 is 11.8 Å². The first-order valence-corrected chi connectivity index (χ1v) is 8.66. The minimum atomic E-state index is 0.755. The molecule has 3 heteroatoms. The van der Waals surface area contributed by atoms with E-state index in [-0.39, 0.29) is 0 Å². The molecule has 0 aliphatic heterocycles. The van der Waals surface area contributed by atoms with Crippen molar-refractivity contribution in [2.45, 2.75) is 54.6 Å². The molecule has 0 amide bonds. The topological polar surface area (TPSA) is 24.9 Å². The molecule has 4 rings (SSSR count). The van der Waals surface area contributed by atoms with Crippen molar-refractivity contribution in [3.05, 3.63) is 53.2 Å². The number of aryl methyl sites for hydroxylation is 2. The number of hydrogen-bond acceptors (Lipinski definition) is 3. The van der Waals surface area contributed by atoms with Crippen molar-refractivity contribution < 1.29 is 0 Å². The van der Waals surface area contributed by atoms with E-state index in [0.717, 1.165) is 17.6 Å². The Morgan fingerprint density at radius 1 is 1.10 bits per heavy atom. The normalized spacial score (nSPS) is 17.0. The van der Waals surface area contributed by atoms with Crippen LogP contribution in [0.4, 0.5) is 0 Å². The molecule has 0 radical (unpaired) electrons. The Kier molecular flexibility index (Phi) is 3.70. The Bertz CT molecular complexity index is 632. The second-order valence-electron chi connectivity index (χ2n) is 6.05. The van der Waals surface area contributed by atoms with Crippen molar-refractivity contribution in [2.24, 2.45) is 0 Å². The smallest absolute Gasteiger partial charge is 0.101 e. The molecule has 2 aromatic rings. The molecule has 0 atom stereocenters. The van der Waals surface area contributed by atoms with Gasteiger partial charge in [-0.3, -0.25) is 0 Å². The fourth-order valence-corrected chi connectivity index (χ4v) is 3.68. The number of fused-ring (bicyclic) bond motifs is 1. The summed E-state index contributed by atoms with van der Waals surface area (Å²) in [5, 5.41) is 4.61. The van der Waals surface area contributed by atoms with Crippen molar-refractivity contribution in [1.82, 2.24) is 10.3 Å². The lowest BCUT2D eigenvalue weighted by Gasteiger charge is -2.06. The largest absolute Gasteiger partial charge is 0.310 e. The van der Waals surface area contributed by atoms with Gasteiger partial charge in [-0.15, -0.1) is 0 Å². The average Bonchev–Trinajstić information content (AvgIpc) is 3.23. The van der Waals surface area contributed by atoms with Crippen LogP contribution >= 0.6 is 11.8 Å². The van der Waals surface area contributed by atoms with Crippen molar-refractivity contribution in [3.8, 4) is 0 Å². The van der Waals surface area contributed by atoms with Crippen molar-refractivity contribution in [1.29, 1.82) is 0 Å². The molecule has 1 aromatic heterocycles. The number of aromatic nitrogens is 1. The highest BCUT2D eigenvalue weighted by Gasteiger charge is 2.19. The van der Waals surface area contributed by atoms with Gasteiger partial charge in [-0.05, 0) is 67.0 Å². The zero-order valence-electron chi connectivity index (χ0n) is 12.1. The summed E-state index contributed by atoms with van der Waals surface area (Å²) >= 11 is 1.77. The summed E-state index contributed by atoms with van der Waals surface area (Å²) in [6.45, 7) is 0.946. The monoisotopic (exact) mass is 296 g/mol. The van der Waals surface area contributed by atoms with Crippen LogP contribution in [0.15, 0.2) is 46.5 Å². The quantitative estimate of drug-likeness (QED) is 0.903. The van der Waals surface area contributed by atoms with E-state index < -0.39 is 0 Å². The minimum Gasteiger partial charge on any atom is -0.310 e. The second kappa shape index (κ2) is 5.82. The Hall–Kier alpha value is -1.32. The molecule has 0 bridgehead atoms. The first kappa shape index (κ1) is 13.4. The van der Waals surface area contributed by atoms with Crippen LogP contribution in [0.1, 0.15) is 36.0 Å². The summed E-state index contributed by atoms with van der Waals surface area (Å²) in [6.07, 6.45) is 8.47. The molecular formula is C18H20N2S. The maximum atomic E-state index is 4.59. The third-order valence-electron chi connectivity index (χ3n) is 4.26. The van der Waals surface area contributed by atoms with E-state index in [4.69, 9.17) is 0 Å². The molecule has 2 aliphatic rings. The van der Waals surface area contributed by atoms with Gasteiger partial charge in [0.2, 0.25) is 0 Å². The average molecular weight is 296 g/mol. The van der Waals surface area contributed by atoms with Gasteiger partial charge in [-0.25, -0.2) is 4.98 Å². The number of nitrogens with zero attached hydrogens (tertiary/aromatic N) is 1. The molecule has 21 heavy (non-hydrogen) atoms. The third kappa shape index (κ3) is 3.30. The Labute approximate surface area is 130 Å². The molecule has 0 spiro atoms. The van der Waals surface area contributed by atoms with Gasteiger partial charge in [-0.1, -0.05) is 23.9 Å². The maximum Gasteiger partial charge on any atom is 0.101 e. The van der Waals surface area contributed by atoms with Gasteiger partial charge in [-0.2, -0.15) is 0 Å². The number of hydrogen-bond donors (Lipinski definition) is 1. The first-order valence-electron chi connectivity index (χ1n) is 7.85. The molecule has 108 valence electrons. The third-order valence-corrected chi connectivity index (χ3v) is 5.20. The number of rotatable bonds is 5. The summed E-state index contributed by atoms with van der Waals surface area (Å²) in [4.78, 5) is 5.90. The van der Waals surface area contributed by atoms with Gasteiger partial charge in [0.1, 0.15) is 5.03 Å². The lowest BCUT2D eigenvalue weighted by Crippen LogP contribution is -2.15. The number of pyridine rings is 1. The molecule has 1 N–H and O–H groups in total. The van der Waals surface area contributed by atoms with E-state index in [0.29, 0.717) is 0 Å². The van der Waals surface area contributed by atoms with Crippen LogP contribution < -0.4 is 5.32 Å². The van der Waals surface area contributed by atoms with Gasteiger partial charge in [0.25, 0.3) is 0 Å². The minimum absolute atomic E-state index is 0.755. The first-order chi connectivity index (χ1) is 10.4. The lowest BCUT2D eigenvalue weighted by atomic mass is 10.1. The SMILES string of the molecule is c1cc(Sc2ccc3c(c2)CCC3)ncc1CNC1CC1. The van der Waals surface area contributed by atoms with Crippen LogP contribution in [0.25, 0.3) is 0 Å². The highest BCUT2D eigenvalue weighted by molar-refractivity contribution is 7.99. The summed E-state index contributed by atoms with van der Waals surface area (Å²) in [5.74, 6) is 0. The molecule has 1 saturated carbocycles. The van der Waals surface area contributed by atoms with Crippen LogP contribution in [0.3, 0.4) is 0 Å². The predicted octanol–water partition coefficient (Wildman–Crippen LogP) is 3.97. The number of nitrogens with one attached hydrogen (secondary N) is 1. The zero-order valence-corrected chi connectivity index (χ0v) is 13.0. The van der Waals surface area contributed by atoms with E-state index in [1.807, 2.05) is 6.20 Å². The van der Waals surface area contributed by atoms with Crippen LogP contribution in [0.5, 0.6) is 0 Å². The van der Waals surface area contributed by atoms with Crippen molar-refractivity contribution in [3.63, 3.8) is 0 Å². The highest BCUT2D eigenvalue weighted by atomic mass is 32.2. The number of benzene rings is 1. The molecule has 1 heterocycles. The van der Waals surface area contributed by atoms with Crippen LogP contribution in [0.2, 0.25) is 0 Å².